The molecule has 7 heteroatoms. The normalized spacial score (nSPS) is 25.2. The van der Waals surface area contributed by atoms with Crippen LogP contribution in [0.25, 0.3) is 0 Å². The number of phenolic OH excluding ortho intramolecular Hbond substituents is 1. The smallest absolute Gasteiger partial charge is 0.266 e. The number of carbonyl (C=O) groups is 2. The molecular formula is C24H19ClN2O4. The first-order chi connectivity index (χ1) is 14.9. The van der Waals surface area contributed by atoms with Crippen LogP contribution >= 0.6 is 11.6 Å². The number of fused-ring (bicyclic) bond motifs is 1. The van der Waals surface area contributed by atoms with Gasteiger partial charge in [0.05, 0.1) is 11.4 Å². The van der Waals surface area contributed by atoms with E-state index in [-0.39, 0.29) is 5.75 Å². The second-order valence-electron chi connectivity index (χ2n) is 7.85. The van der Waals surface area contributed by atoms with Gasteiger partial charge in [-0.05, 0) is 49.4 Å². The highest BCUT2D eigenvalue weighted by molar-refractivity contribution is 6.31. The molecule has 2 aliphatic heterocycles. The molecule has 0 bridgehead atoms. The number of hydrogen-bond donors (Lipinski definition) is 1. The largest absolute Gasteiger partial charge is 0.508 e. The summed E-state index contributed by atoms with van der Waals surface area (Å²) in [6, 6.07) is 21.9. The van der Waals surface area contributed by atoms with Crippen LogP contribution in [0, 0.1) is 5.41 Å². The molecular weight excluding hydrogens is 416 g/mol. The molecule has 3 atom stereocenters. The Morgan fingerprint density at radius 2 is 1.55 bits per heavy atom. The summed E-state index contributed by atoms with van der Waals surface area (Å²) < 4.78 is 0. The predicted molar refractivity (Wildman–Crippen MR) is 117 cm³/mol. The Hall–Kier alpha value is -3.35. The molecule has 3 aromatic rings. The quantitative estimate of drug-likeness (QED) is 0.615. The van der Waals surface area contributed by atoms with E-state index in [1.165, 1.54) is 0 Å². The molecule has 0 spiro atoms. The van der Waals surface area contributed by atoms with Crippen LogP contribution in [0.3, 0.4) is 0 Å². The van der Waals surface area contributed by atoms with Gasteiger partial charge in [-0.15, -0.1) is 0 Å². The molecule has 2 aliphatic rings. The van der Waals surface area contributed by atoms with Crippen LogP contribution < -0.4 is 9.96 Å². The van der Waals surface area contributed by atoms with E-state index in [1.54, 1.807) is 60.5 Å². The van der Waals surface area contributed by atoms with Gasteiger partial charge in [0.2, 0.25) is 5.91 Å². The molecule has 0 aliphatic carbocycles. The van der Waals surface area contributed by atoms with E-state index in [0.29, 0.717) is 22.0 Å². The topological polar surface area (TPSA) is 70.1 Å². The zero-order valence-corrected chi connectivity index (χ0v) is 17.4. The highest BCUT2D eigenvalue weighted by Crippen LogP contribution is 2.56. The van der Waals surface area contributed by atoms with E-state index in [0.717, 1.165) is 4.90 Å². The summed E-state index contributed by atoms with van der Waals surface area (Å²) in [6.45, 7) is 1.72. The molecule has 156 valence electrons. The maximum Gasteiger partial charge on any atom is 0.266 e. The number of rotatable bonds is 3. The third-order valence-corrected chi connectivity index (χ3v) is 6.25. The highest BCUT2D eigenvalue weighted by atomic mass is 35.5. The minimum absolute atomic E-state index is 0.0316. The van der Waals surface area contributed by atoms with Crippen molar-refractivity contribution in [2.75, 3.05) is 9.96 Å². The Kier molecular flexibility index (Phi) is 4.50. The van der Waals surface area contributed by atoms with Gasteiger partial charge < -0.3 is 5.11 Å². The van der Waals surface area contributed by atoms with Crippen molar-refractivity contribution in [3.8, 4) is 5.75 Å². The summed E-state index contributed by atoms with van der Waals surface area (Å²) in [4.78, 5) is 34.4. The van der Waals surface area contributed by atoms with Crippen LogP contribution in [-0.2, 0) is 14.4 Å². The van der Waals surface area contributed by atoms with Gasteiger partial charge in [0.25, 0.3) is 5.91 Å². The Bertz CT molecular complexity index is 1170. The summed E-state index contributed by atoms with van der Waals surface area (Å²) in [6.07, 6.45) is -1.04. The summed E-state index contributed by atoms with van der Waals surface area (Å²) in [7, 11) is 0. The molecule has 2 amide bonds. The molecule has 2 saturated heterocycles. The molecule has 1 N–H and O–H groups in total. The zero-order chi connectivity index (χ0) is 21.8. The van der Waals surface area contributed by atoms with Crippen molar-refractivity contribution in [1.82, 2.24) is 0 Å². The van der Waals surface area contributed by atoms with Gasteiger partial charge in [0.1, 0.15) is 17.2 Å². The lowest BCUT2D eigenvalue weighted by Gasteiger charge is -2.33. The molecule has 2 fully saturated rings. The first-order valence-corrected chi connectivity index (χ1v) is 10.2. The van der Waals surface area contributed by atoms with Gasteiger partial charge >= 0.3 is 0 Å². The first kappa shape index (κ1) is 19.6. The van der Waals surface area contributed by atoms with Crippen molar-refractivity contribution >= 4 is 34.8 Å². The standard InChI is InChI=1S/C24H19ClN2O4/c1-24-20(18-9-5-6-10-19(18)28)27(17-7-3-2-4-8-17)31-21(24)22(29)26(23(24)30)16-13-11-15(25)12-14-16/h2-14,20-21,28H,1H3/t20-,21-,24+/m0/s1. The number of phenols is 1. The Morgan fingerprint density at radius 3 is 2.23 bits per heavy atom. The van der Waals surface area contributed by atoms with Gasteiger partial charge in [-0.2, -0.15) is 0 Å². The predicted octanol–water partition coefficient (Wildman–Crippen LogP) is 4.49. The Morgan fingerprint density at radius 1 is 0.903 bits per heavy atom. The number of aromatic hydroxyl groups is 1. The van der Waals surface area contributed by atoms with Gasteiger partial charge in [-0.1, -0.05) is 48.0 Å². The monoisotopic (exact) mass is 434 g/mol. The molecule has 0 unspecified atom stereocenters. The average Bonchev–Trinajstić information content (AvgIpc) is 3.19. The lowest BCUT2D eigenvalue weighted by Crippen LogP contribution is -2.41. The third-order valence-electron chi connectivity index (χ3n) is 6.00. The maximum atomic E-state index is 13.8. The number of imide groups is 1. The van der Waals surface area contributed by atoms with Crippen LogP contribution in [0.15, 0.2) is 78.9 Å². The van der Waals surface area contributed by atoms with E-state index >= 15 is 0 Å². The lowest BCUT2D eigenvalue weighted by atomic mass is 9.76. The van der Waals surface area contributed by atoms with Gasteiger partial charge in [0, 0.05) is 10.6 Å². The van der Waals surface area contributed by atoms with E-state index in [2.05, 4.69) is 0 Å². The SMILES string of the molecule is C[C@]12C(=O)N(c3ccc(Cl)cc3)C(=O)[C@@H]1ON(c1ccccc1)[C@H]2c1ccccc1O. The fraction of sp³-hybridized carbons (Fsp3) is 0.167. The van der Waals surface area contributed by atoms with Crippen molar-refractivity contribution < 1.29 is 19.5 Å². The molecule has 2 heterocycles. The number of amides is 2. The van der Waals surface area contributed by atoms with Crippen molar-refractivity contribution in [3.05, 3.63) is 89.4 Å². The lowest BCUT2D eigenvalue weighted by molar-refractivity contribution is -0.128. The number of para-hydroxylation sites is 2. The number of nitrogens with zero attached hydrogens (tertiary/aromatic N) is 2. The van der Waals surface area contributed by atoms with Gasteiger partial charge in [-0.25, -0.2) is 9.96 Å². The van der Waals surface area contributed by atoms with E-state index < -0.39 is 29.4 Å². The number of hydrogen-bond acceptors (Lipinski definition) is 5. The maximum absolute atomic E-state index is 13.8. The van der Waals surface area contributed by atoms with Crippen LogP contribution in [0.4, 0.5) is 11.4 Å². The molecule has 0 aromatic heterocycles. The van der Waals surface area contributed by atoms with Crippen molar-refractivity contribution in [1.29, 1.82) is 0 Å². The van der Waals surface area contributed by atoms with Crippen molar-refractivity contribution in [3.63, 3.8) is 0 Å². The van der Waals surface area contributed by atoms with Gasteiger partial charge in [0.15, 0.2) is 6.10 Å². The number of benzene rings is 3. The van der Waals surface area contributed by atoms with Crippen molar-refractivity contribution in [2.45, 2.75) is 19.1 Å². The second-order valence-corrected chi connectivity index (χ2v) is 8.28. The van der Waals surface area contributed by atoms with Gasteiger partial charge in [-0.3, -0.25) is 14.4 Å². The molecule has 6 nitrogen and oxygen atoms in total. The molecule has 0 saturated carbocycles. The first-order valence-electron chi connectivity index (χ1n) is 9.86. The van der Waals surface area contributed by atoms with Crippen LogP contribution in [0.5, 0.6) is 5.75 Å². The zero-order valence-electron chi connectivity index (χ0n) is 16.6. The highest BCUT2D eigenvalue weighted by Gasteiger charge is 2.69. The van der Waals surface area contributed by atoms with E-state index in [4.69, 9.17) is 16.4 Å². The third kappa shape index (κ3) is 2.83. The summed E-state index contributed by atoms with van der Waals surface area (Å²) >= 11 is 5.97. The number of halogens is 1. The minimum atomic E-state index is -1.26. The summed E-state index contributed by atoms with van der Waals surface area (Å²) in [5.41, 5.74) is 0.368. The average molecular weight is 435 g/mol. The number of hydroxylamine groups is 1. The van der Waals surface area contributed by atoms with E-state index in [1.807, 2.05) is 30.3 Å². The van der Waals surface area contributed by atoms with Crippen LogP contribution in [0.1, 0.15) is 18.5 Å². The molecule has 5 rings (SSSR count). The fourth-order valence-electron chi connectivity index (χ4n) is 4.45. The van der Waals surface area contributed by atoms with E-state index in [9.17, 15) is 14.7 Å². The molecule has 31 heavy (non-hydrogen) atoms. The molecule has 3 aromatic carbocycles. The Balaban J connectivity index is 1.66. The van der Waals surface area contributed by atoms with Crippen molar-refractivity contribution in [2.24, 2.45) is 5.41 Å². The second kappa shape index (κ2) is 7.11. The molecule has 0 radical (unpaired) electrons. The number of carbonyl (C=O) groups excluding carboxylic acids is 2. The minimum Gasteiger partial charge on any atom is -0.508 e. The van der Waals surface area contributed by atoms with Crippen LogP contribution in [-0.4, -0.2) is 23.0 Å². The summed E-state index contributed by atoms with van der Waals surface area (Å²) in [5, 5.41) is 12.7. The van der Waals surface area contributed by atoms with Crippen LogP contribution in [0.2, 0.25) is 5.02 Å². The fourth-order valence-corrected chi connectivity index (χ4v) is 4.57. The summed E-state index contributed by atoms with van der Waals surface area (Å²) in [5.74, 6) is -0.811. The number of anilines is 2. The Labute approximate surface area is 184 Å².